The minimum Gasteiger partial charge on any atom is -0.851 e. The smallest absolute Gasteiger partial charge is 0.0644 e. The summed E-state index contributed by atoms with van der Waals surface area (Å²) in [5.74, 6) is 0. The summed E-state index contributed by atoms with van der Waals surface area (Å²) in [6, 6.07) is 44.5. The van der Waals surface area contributed by atoms with E-state index in [0.717, 1.165) is 26.4 Å². The van der Waals surface area contributed by atoms with Gasteiger partial charge < -0.3 is 43.0 Å². The van der Waals surface area contributed by atoms with Crippen LogP contribution in [0.5, 0.6) is 0 Å². The fraction of sp³-hybridized carbons (Fsp3) is 0.590. The van der Waals surface area contributed by atoms with Gasteiger partial charge in [0.15, 0.2) is 0 Å². The highest BCUT2D eigenvalue weighted by molar-refractivity contribution is 5.76. The van der Waals surface area contributed by atoms with Crippen LogP contribution in [0, 0.1) is 13.8 Å². The fourth-order valence-corrected chi connectivity index (χ4v) is 2.64. The first-order valence-electron chi connectivity index (χ1n) is 33.6. The Kier molecular flexibility index (Phi) is 587. The van der Waals surface area contributed by atoms with Crippen LogP contribution < -0.4 is 5.11 Å². The minimum atomic E-state index is -0.167. The van der Waals surface area contributed by atoms with Gasteiger partial charge in [-0.1, -0.05) is 350 Å². The van der Waals surface area contributed by atoms with Gasteiger partial charge in [0.1, 0.15) is 0 Å². The molecule has 4 rings (SSSR count). The van der Waals surface area contributed by atoms with Gasteiger partial charge in [0.05, 0.1) is 26.4 Å². The zero-order valence-electron chi connectivity index (χ0n) is 69.3. The minimum absolute atomic E-state index is 0. The van der Waals surface area contributed by atoms with Gasteiger partial charge in [-0.05, 0) is 41.5 Å². The summed E-state index contributed by atoms with van der Waals surface area (Å²) in [5.41, 5.74) is 2.64. The molecule has 0 amide bonds. The highest BCUT2D eigenvalue weighted by Crippen LogP contribution is 1.93. The number of ether oxygens (including phenoxy) is 8. The maximum Gasteiger partial charge on any atom is 0.0644 e. The molecule has 0 aliphatic rings. The average Bonchev–Trinajstić information content (AvgIpc) is 3.66. The molecule has 0 fully saturated rings. The van der Waals surface area contributed by atoms with Crippen LogP contribution in [0.2, 0.25) is 0 Å². The molecule has 0 atom stereocenters. The van der Waals surface area contributed by atoms with E-state index in [1.165, 1.54) is 17.2 Å². The quantitative estimate of drug-likeness (QED) is 0.0736. The highest BCUT2D eigenvalue weighted by Gasteiger charge is 1.73. The fourth-order valence-electron chi connectivity index (χ4n) is 2.64. The van der Waals surface area contributed by atoms with Crippen molar-refractivity contribution in [2.24, 2.45) is 0 Å². The Hall–Kier alpha value is -4.65. The van der Waals surface area contributed by atoms with Crippen molar-refractivity contribution in [3.63, 3.8) is 0 Å². The van der Waals surface area contributed by atoms with Crippen molar-refractivity contribution < 1.29 is 43.0 Å². The standard InChI is InChI=1S/2C7H8.2C6H6.4C5H10O.C3H5O.4C2H6O.12C2H6.2CH4.2B/c2*1-7-5-3-2-4-6-7;2*1-2-4-6-5-3-1;4*1-3-5-6-4-2;1-2-3-4;4*1-3-2;12*1-2;;;;/h2*2-6H,1H3;2*1-6H;4*3H,1,4-5H2,2H3;2H,1,3H2;4*1-2H3;12*1-2H3;2*1H4;;/q;;;;;;;;-1;;;;;;;;;;;;;;;;;;;;. The Morgan fingerprint density at radius 2 is 0.362 bits per heavy atom. The van der Waals surface area contributed by atoms with Crippen molar-refractivity contribution in [3.05, 3.63) is 208 Å². The van der Waals surface area contributed by atoms with E-state index in [4.69, 9.17) is 18.9 Å². The Balaban J connectivity index is -0.0000000233. The second kappa shape index (κ2) is 328. The van der Waals surface area contributed by atoms with Crippen molar-refractivity contribution in [2.45, 2.75) is 223 Å². The Labute approximate surface area is 603 Å². The lowest BCUT2D eigenvalue weighted by molar-refractivity contribution is -0.352. The zero-order valence-corrected chi connectivity index (χ0v) is 69.3. The van der Waals surface area contributed by atoms with Crippen LogP contribution in [-0.4, -0.2) is 133 Å². The maximum atomic E-state index is 9.18. The molecular formula is C83H177B2O9-. The van der Waals surface area contributed by atoms with Gasteiger partial charge in [0.2, 0.25) is 0 Å². The van der Waals surface area contributed by atoms with Crippen LogP contribution in [0.4, 0.5) is 0 Å². The number of methoxy groups -OCH3 is 4. The number of benzene rings is 4. The molecule has 0 aromatic heterocycles. The van der Waals surface area contributed by atoms with Gasteiger partial charge in [-0.25, -0.2) is 0 Å². The van der Waals surface area contributed by atoms with Crippen LogP contribution in [0.1, 0.15) is 220 Å². The lowest BCUT2D eigenvalue weighted by atomic mass is 10.2. The molecule has 0 saturated heterocycles. The average molecular weight is 1340 g/mol. The topological polar surface area (TPSA) is 96.9 Å². The lowest BCUT2D eigenvalue weighted by Gasteiger charge is -1.88. The monoisotopic (exact) mass is 1340 g/mol. The van der Waals surface area contributed by atoms with Gasteiger partial charge in [0.25, 0.3) is 0 Å². The summed E-state index contributed by atoms with van der Waals surface area (Å²) in [7, 11) is 13.0. The Morgan fingerprint density at radius 3 is 0.404 bits per heavy atom. The third kappa shape index (κ3) is 493. The van der Waals surface area contributed by atoms with Gasteiger partial charge in [0, 0.05) is 100 Å². The lowest BCUT2D eigenvalue weighted by Crippen LogP contribution is -1.98. The zero-order chi connectivity index (χ0) is 76.3. The van der Waals surface area contributed by atoms with Crippen LogP contribution in [0.15, 0.2) is 197 Å². The van der Waals surface area contributed by atoms with E-state index in [1.54, 1.807) is 81.2 Å². The van der Waals surface area contributed by atoms with Gasteiger partial charge >= 0.3 is 0 Å². The van der Waals surface area contributed by atoms with Gasteiger partial charge in [-0.3, -0.25) is 0 Å². The van der Waals surface area contributed by atoms with Crippen molar-refractivity contribution >= 4 is 16.8 Å². The number of rotatable bonds is 13. The predicted molar refractivity (Wildman–Crippen MR) is 450 cm³/mol. The maximum absolute atomic E-state index is 9.18. The molecule has 0 aliphatic heterocycles. The van der Waals surface area contributed by atoms with E-state index in [-0.39, 0.29) is 38.3 Å². The van der Waals surface area contributed by atoms with E-state index in [2.05, 4.69) is 90.0 Å². The number of aryl methyl sites for hydroxylation is 2. The molecule has 4 aromatic carbocycles. The Bertz CT molecular complexity index is 1100. The Morgan fingerprint density at radius 1 is 0.266 bits per heavy atom. The summed E-state index contributed by atoms with van der Waals surface area (Å²) in [4.78, 5) is 0. The SMILES string of the molecule is C.C.C=CCOCC.C=CCOCC.C=CCOCC.C=CCOCC.C=CC[O-].CC.CC.CC.CC.CC.CC.CC.CC.CC.CC.CC.CC.COC.COC.COC.COC.Cc1ccccc1.Cc1ccccc1.[B].[B].c1ccccc1.c1ccccc1. The number of hydrogen-bond acceptors (Lipinski definition) is 9. The predicted octanol–water partition coefficient (Wildman–Crippen LogP) is 25.6. The molecule has 94 heavy (non-hydrogen) atoms. The molecule has 4 aromatic rings. The van der Waals surface area contributed by atoms with Crippen LogP contribution in [0.25, 0.3) is 0 Å². The molecule has 9 nitrogen and oxygen atoms in total. The molecular weight excluding hydrogens is 1160 g/mol. The van der Waals surface area contributed by atoms with Crippen molar-refractivity contribution in [1.82, 2.24) is 0 Å². The third-order valence-corrected chi connectivity index (χ3v) is 5.09. The highest BCUT2D eigenvalue weighted by atomic mass is 16.5. The molecule has 0 unspecified atom stereocenters. The van der Waals surface area contributed by atoms with Crippen LogP contribution in [-0.2, 0) is 37.9 Å². The van der Waals surface area contributed by atoms with Crippen LogP contribution in [0.3, 0.4) is 0 Å². The summed E-state index contributed by atoms with van der Waals surface area (Å²) in [6.45, 7) is 82.8. The normalized spacial score (nSPS) is 6.20. The molecule has 0 saturated carbocycles. The van der Waals surface area contributed by atoms with Gasteiger partial charge in [-0.15, -0.1) is 45.6 Å². The molecule has 0 heterocycles. The van der Waals surface area contributed by atoms with Crippen LogP contribution >= 0.6 is 0 Å². The first-order chi connectivity index (χ1) is 44.0. The van der Waals surface area contributed by atoms with E-state index in [0.29, 0.717) is 26.4 Å². The van der Waals surface area contributed by atoms with Crippen molar-refractivity contribution in [1.29, 1.82) is 0 Å². The summed E-state index contributed by atoms with van der Waals surface area (Å²) >= 11 is 0. The van der Waals surface area contributed by atoms with Crippen molar-refractivity contribution in [3.8, 4) is 0 Å². The molecule has 570 valence electrons. The van der Waals surface area contributed by atoms with Crippen molar-refractivity contribution in [2.75, 3.05) is 116 Å². The van der Waals surface area contributed by atoms with E-state index >= 15 is 0 Å². The largest absolute Gasteiger partial charge is 0.851 e. The first-order valence-corrected chi connectivity index (χ1v) is 33.6. The number of hydrogen-bond donors (Lipinski definition) is 0. The molecule has 0 bridgehead atoms. The molecule has 0 N–H and O–H groups in total. The molecule has 6 radical (unpaired) electrons. The van der Waals surface area contributed by atoms with E-state index in [9.17, 15) is 5.11 Å². The first kappa shape index (κ1) is 168. The van der Waals surface area contributed by atoms with Gasteiger partial charge in [-0.2, -0.15) is 0 Å². The van der Waals surface area contributed by atoms with E-state index in [1.807, 2.05) is 303 Å². The molecule has 0 spiro atoms. The molecule has 0 aliphatic carbocycles. The summed E-state index contributed by atoms with van der Waals surface area (Å²) in [5, 5.41) is 9.18. The second-order valence-corrected chi connectivity index (χ2v) is 11.5. The summed E-state index contributed by atoms with van der Waals surface area (Å²) in [6.07, 6.45) is 8.28. The second-order valence-electron chi connectivity index (χ2n) is 11.5. The van der Waals surface area contributed by atoms with E-state index < -0.39 is 0 Å². The third-order valence-electron chi connectivity index (χ3n) is 5.09. The summed E-state index contributed by atoms with van der Waals surface area (Å²) < 4.78 is 36.5. The molecule has 11 heteroatoms.